The zero-order valence-corrected chi connectivity index (χ0v) is 13.0. The second-order valence-electron chi connectivity index (χ2n) is 6.17. The number of nitrogens with two attached hydrogens (primary N) is 1. The van der Waals surface area contributed by atoms with Crippen LogP contribution in [-0.2, 0) is 4.74 Å². The summed E-state index contributed by atoms with van der Waals surface area (Å²) in [6.45, 7) is 2.84. The summed E-state index contributed by atoms with van der Waals surface area (Å²) < 4.78 is 11.7. The summed E-state index contributed by atoms with van der Waals surface area (Å²) in [6.07, 6.45) is -0.663. The number of para-hydroxylation sites is 2. The van der Waals surface area contributed by atoms with Gasteiger partial charge in [0.2, 0.25) is 0 Å². The first-order valence-electron chi connectivity index (χ1n) is 7.83. The zero-order valence-electron chi connectivity index (χ0n) is 13.0. The summed E-state index contributed by atoms with van der Waals surface area (Å²) in [5.41, 5.74) is 8.98. The van der Waals surface area contributed by atoms with Gasteiger partial charge in [-0.3, -0.25) is 0 Å². The minimum absolute atomic E-state index is 0.245. The van der Waals surface area contributed by atoms with Gasteiger partial charge in [0.25, 0.3) is 0 Å². The number of benzene rings is 2. The maximum Gasteiger partial charge on any atom is 0.151 e. The van der Waals surface area contributed by atoms with Crippen LogP contribution in [-0.4, -0.2) is 36.5 Å². The molecule has 0 saturated carbocycles. The van der Waals surface area contributed by atoms with E-state index in [4.69, 9.17) is 15.2 Å². The quantitative estimate of drug-likeness (QED) is 0.846. The van der Waals surface area contributed by atoms with Crippen molar-refractivity contribution in [3.05, 3.63) is 48.0 Å². The van der Waals surface area contributed by atoms with Gasteiger partial charge in [-0.1, -0.05) is 18.2 Å². The first-order chi connectivity index (χ1) is 11.1. The van der Waals surface area contributed by atoms with Gasteiger partial charge in [-0.15, -0.1) is 0 Å². The van der Waals surface area contributed by atoms with Crippen LogP contribution in [0.25, 0.3) is 0 Å². The SMILES string of the molecule is Cc1ccc2c(c1)Oc1ccccc1N2[C@H]1COC[C@@H](N)[C@@H]1O. The molecule has 2 aromatic rings. The van der Waals surface area contributed by atoms with Crippen molar-refractivity contribution in [3.63, 3.8) is 0 Å². The summed E-state index contributed by atoms with van der Waals surface area (Å²) in [4.78, 5) is 2.09. The Balaban J connectivity index is 1.85. The van der Waals surface area contributed by atoms with Gasteiger partial charge in [-0.05, 0) is 36.8 Å². The molecule has 5 nitrogen and oxygen atoms in total. The molecular formula is C18H20N2O3. The normalized spacial score (nSPS) is 26.2. The van der Waals surface area contributed by atoms with E-state index in [0.717, 1.165) is 28.4 Å². The standard InChI is InChI=1S/C18H20N2O3/c1-11-6-7-14-17(8-11)23-16-5-3-2-4-13(16)20(14)15-10-22-9-12(19)18(15)21/h2-8,12,15,18,21H,9-10,19H2,1H3/t12-,15+,18+/m1/s1. The van der Waals surface area contributed by atoms with Crippen LogP contribution in [0.2, 0.25) is 0 Å². The Labute approximate surface area is 135 Å². The second kappa shape index (κ2) is 5.53. The molecule has 0 amide bonds. The molecule has 0 aliphatic carbocycles. The third-order valence-corrected chi connectivity index (χ3v) is 4.48. The molecule has 120 valence electrons. The molecule has 0 aromatic heterocycles. The molecule has 3 atom stereocenters. The summed E-state index contributed by atoms with van der Waals surface area (Å²) >= 11 is 0. The van der Waals surface area contributed by atoms with Gasteiger partial charge in [-0.2, -0.15) is 0 Å². The highest BCUT2D eigenvalue weighted by Gasteiger charge is 2.39. The van der Waals surface area contributed by atoms with Gasteiger partial charge in [0.05, 0.1) is 42.8 Å². The maximum atomic E-state index is 10.6. The Morgan fingerprint density at radius 3 is 2.74 bits per heavy atom. The van der Waals surface area contributed by atoms with Crippen molar-refractivity contribution < 1.29 is 14.6 Å². The van der Waals surface area contributed by atoms with Crippen LogP contribution in [0.4, 0.5) is 11.4 Å². The Morgan fingerprint density at radius 1 is 1.09 bits per heavy atom. The van der Waals surface area contributed by atoms with Crippen LogP contribution in [0, 0.1) is 6.92 Å². The van der Waals surface area contributed by atoms with E-state index in [1.165, 1.54) is 0 Å². The van der Waals surface area contributed by atoms with Crippen molar-refractivity contribution in [1.29, 1.82) is 0 Å². The molecule has 2 aliphatic heterocycles. The molecule has 3 N–H and O–H groups in total. The van der Waals surface area contributed by atoms with Gasteiger partial charge >= 0.3 is 0 Å². The predicted octanol–water partition coefficient (Wildman–Crippen LogP) is 2.33. The lowest BCUT2D eigenvalue weighted by Gasteiger charge is -2.43. The topological polar surface area (TPSA) is 68.0 Å². The first kappa shape index (κ1) is 14.5. The molecule has 0 spiro atoms. The van der Waals surface area contributed by atoms with E-state index in [1.807, 2.05) is 49.4 Å². The molecule has 23 heavy (non-hydrogen) atoms. The number of aryl methyl sites for hydroxylation is 1. The molecule has 2 aliphatic rings. The smallest absolute Gasteiger partial charge is 0.151 e. The number of rotatable bonds is 1. The minimum atomic E-state index is -0.663. The number of aliphatic hydroxyl groups excluding tert-OH is 1. The van der Waals surface area contributed by atoms with E-state index in [9.17, 15) is 5.11 Å². The average molecular weight is 312 g/mol. The number of hydrogen-bond donors (Lipinski definition) is 2. The lowest BCUT2D eigenvalue weighted by Crippen LogP contribution is -2.58. The Hall–Kier alpha value is -2.08. The first-order valence-corrected chi connectivity index (χ1v) is 7.83. The summed E-state index contributed by atoms with van der Waals surface area (Å²) in [6, 6.07) is 13.3. The fourth-order valence-corrected chi connectivity index (χ4v) is 3.28. The Kier molecular flexibility index (Phi) is 3.49. The summed E-state index contributed by atoms with van der Waals surface area (Å²) in [5.74, 6) is 1.56. The largest absolute Gasteiger partial charge is 0.453 e. The summed E-state index contributed by atoms with van der Waals surface area (Å²) in [7, 11) is 0. The van der Waals surface area contributed by atoms with E-state index in [0.29, 0.717) is 13.2 Å². The van der Waals surface area contributed by atoms with Gasteiger partial charge in [0.1, 0.15) is 0 Å². The van der Waals surface area contributed by atoms with Crippen molar-refractivity contribution in [2.75, 3.05) is 18.1 Å². The fourth-order valence-electron chi connectivity index (χ4n) is 3.28. The Bertz CT molecular complexity index is 734. The van der Waals surface area contributed by atoms with Crippen LogP contribution in [0.3, 0.4) is 0 Å². The summed E-state index contributed by atoms with van der Waals surface area (Å²) in [5, 5.41) is 10.6. The van der Waals surface area contributed by atoms with Gasteiger partial charge in [-0.25, -0.2) is 0 Å². The molecular weight excluding hydrogens is 292 g/mol. The van der Waals surface area contributed by atoms with Gasteiger partial charge in [0, 0.05) is 0 Å². The third kappa shape index (κ3) is 2.37. The van der Waals surface area contributed by atoms with Crippen LogP contribution in [0.15, 0.2) is 42.5 Å². The number of hydrogen-bond acceptors (Lipinski definition) is 5. The van der Waals surface area contributed by atoms with Crippen LogP contribution in [0.5, 0.6) is 11.5 Å². The fraction of sp³-hybridized carbons (Fsp3) is 0.333. The molecule has 1 saturated heterocycles. The van der Waals surface area contributed by atoms with E-state index in [1.54, 1.807) is 0 Å². The molecule has 1 fully saturated rings. The number of nitrogens with zero attached hydrogens (tertiary/aromatic N) is 1. The number of fused-ring (bicyclic) bond motifs is 2. The maximum absolute atomic E-state index is 10.6. The molecule has 0 unspecified atom stereocenters. The van der Waals surface area contributed by atoms with E-state index < -0.39 is 12.1 Å². The van der Waals surface area contributed by atoms with E-state index in [2.05, 4.69) is 4.90 Å². The Morgan fingerprint density at radius 2 is 1.87 bits per heavy atom. The lowest BCUT2D eigenvalue weighted by atomic mass is 9.98. The van der Waals surface area contributed by atoms with Crippen LogP contribution < -0.4 is 15.4 Å². The van der Waals surface area contributed by atoms with Crippen LogP contribution in [0.1, 0.15) is 5.56 Å². The molecule has 2 heterocycles. The van der Waals surface area contributed by atoms with Crippen molar-refractivity contribution >= 4 is 11.4 Å². The molecule has 0 bridgehead atoms. The van der Waals surface area contributed by atoms with Crippen LogP contribution >= 0.6 is 0 Å². The van der Waals surface area contributed by atoms with Gasteiger partial charge in [0.15, 0.2) is 11.5 Å². The highest BCUT2D eigenvalue weighted by atomic mass is 16.5. The highest BCUT2D eigenvalue weighted by Crippen LogP contribution is 2.48. The average Bonchev–Trinajstić information content (AvgIpc) is 2.55. The van der Waals surface area contributed by atoms with Crippen molar-refractivity contribution in [2.45, 2.75) is 25.1 Å². The second-order valence-corrected chi connectivity index (χ2v) is 6.17. The molecule has 2 aromatic carbocycles. The zero-order chi connectivity index (χ0) is 16.0. The van der Waals surface area contributed by atoms with Gasteiger partial charge < -0.3 is 25.2 Å². The van der Waals surface area contributed by atoms with Crippen molar-refractivity contribution in [2.24, 2.45) is 5.73 Å². The highest BCUT2D eigenvalue weighted by molar-refractivity contribution is 5.79. The monoisotopic (exact) mass is 312 g/mol. The number of anilines is 2. The van der Waals surface area contributed by atoms with Crippen molar-refractivity contribution in [3.8, 4) is 11.5 Å². The molecule has 4 rings (SSSR count). The minimum Gasteiger partial charge on any atom is -0.453 e. The van der Waals surface area contributed by atoms with Crippen molar-refractivity contribution in [1.82, 2.24) is 0 Å². The molecule has 0 radical (unpaired) electrons. The van der Waals surface area contributed by atoms with E-state index >= 15 is 0 Å². The number of aliphatic hydroxyl groups is 1. The van der Waals surface area contributed by atoms with E-state index in [-0.39, 0.29) is 6.04 Å². The molecule has 5 heteroatoms. The predicted molar refractivity (Wildman–Crippen MR) is 88.4 cm³/mol. The lowest BCUT2D eigenvalue weighted by molar-refractivity contribution is -0.0195. The third-order valence-electron chi connectivity index (χ3n) is 4.48. The number of ether oxygens (including phenoxy) is 2.